The van der Waals surface area contributed by atoms with Crippen LogP contribution in [0.5, 0.6) is 5.75 Å². The Morgan fingerprint density at radius 3 is 2.52 bits per heavy atom. The fourth-order valence-corrected chi connectivity index (χ4v) is 2.23. The van der Waals surface area contributed by atoms with E-state index in [4.69, 9.17) is 10.5 Å². The lowest BCUT2D eigenvalue weighted by Gasteiger charge is -2.27. The third-order valence-electron chi connectivity index (χ3n) is 3.82. The van der Waals surface area contributed by atoms with Gasteiger partial charge in [0.05, 0.1) is 12.6 Å². The van der Waals surface area contributed by atoms with Crippen molar-refractivity contribution in [2.75, 3.05) is 13.1 Å². The van der Waals surface area contributed by atoms with Crippen molar-refractivity contribution < 1.29 is 4.74 Å². The number of benzene rings is 1. The maximum atomic E-state index is 6.01. The summed E-state index contributed by atoms with van der Waals surface area (Å²) in [5.74, 6) is 1.56. The molecule has 0 aromatic heterocycles. The molecule has 0 spiro atoms. The number of ether oxygens (including phenoxy) is 1. The van der Waals surface area contributed by atoms with E-state index in [0.717, 1.165) is 24.4 Å². The second kappa shape index (κ2) is 9.12. The van der Waals surface area contributed by atoms with E-state index in [1.165, 1.54) is 19.3 Å². The summed E-state index contributed by atoms with van der Waals surface area (Å²) in [7, 11) is 0. The van der Waals surface area contributed by atoms with Gasteiger partial charge in [-0.05, 0) is 39.2 Å². The first kappa shape index (κ1) is 18.1. The Morgan fingerprint density at radius 1 is 1.29 bits per heavy atom. The molecule has 1 aliphatic rings. The van der Waals surface area contributed by atoms with Gasteiger partial charge >= 0.3 is 0 Å². The highest BCUT2D eigenvalue weighted by Gasteiger charge is 2.20. The maximum absolute atomic E-state index is 6.01. The lowest BCUT2D eigenvalue weighted by molar-refractivity contribution is 0.119. The van der Waals surface area contributed by atoms with Crippen LogP contribution in [0.2, 0.25) is 0 Å². The molecule has 5 heteroatoms. The standard InChI is InChI=1S/C16H25N3O.HI/c1-3-19(4-2)16(17)18-12-13-8-5-6-11-15(13)20-14-9-7-10-14;/h5-6,8,11,14H,3-4,7,9-10,12H2,1-2H3,(H2,17,18);1H. The molecule has 1 aromatic rings. The fourth-order valence-electron chi connectivity index (χ4n) is 2.23. The van der Waals surface area contributed by atoms with Crippen LogP contribution in [-0.2, 0) is 6.54 Å². The van der Waals surface area contributed by atoms with Crippen LogP contribution < -0.4 is 10.5 Å². The normalized spacial score (nSPS) is 15.0. The van der Waals surface area contributed by atoms with Crippen LogP contribution in [-0.4, -0.2) is 30.1 Å². The molecule has 4 nitrogen and oxygen atoms in total. The number of nitrogens with zero attached hydrogens (tertiary/aromatic N) is 2. The van der Waals surface area contributed by atoms with Gasteiger partial charge in [-0.1, -0.05) is 18.2 Å². The molecule has 1 saturated carbocycles. The van der Waals surface area contributed by atoms with Gasteiger partial charge in [-0.15, -0.1) is 24.0 Å². The summed E-state index contributed by atoms with van der Waals surface area (Å²) in [5, 5.41) is 0. The molecule has 0 bridgehead atoms. The number of guanidine groups is 1. The lowest BCUT2D eigenvalue weighted by Crippen LogP contribution is -2.37. The zero-order chi connectivity index (χ0) is 14.4. The number of hydrogen-bond donors (Lipinski definition) is 1. The van der Waals surface area contributed by atoms with Crippen molar-refractivity contribution in [3.05, 3.63) is 29.8 Å². The Labute approximate surface area is 144 Å². The van der Waals surface area contributed by atoms with E-state index in [9.17, 15) is 0 Å². The second-order valence-electron chi connectivity index (χ2n) is 5.13. The smallest absolute Gasteiger partial charge is 0.191 e. The molecule has 0 unspecified atom stereocenters. The minimum atomic E-state index is 0. The van der Waals surface area contributed by atoms with Gasteiger partial charge in [-0.2, -0.15) is 0 Å². The van der Waals surface area contributed by atoms with Crippen LogP contribution in [0.4, 0.5) is 0 Å². The van der Waals surface area contributed by atoms with Crippen molar-refractivity contribution in [1.29, 1.82) is 0 Å². The van der Waals surface area contributed by atoms with Crippen molar-refractivity contribution in [3.63, 3.8) is 0 Å². The fraction of sp³-hybridized carbons (Fsp3) is 0.562. The second-order valence-corrected chi connectivity index (χ2v) is 5.13. The zero-order valence-electron chi connectivity index (χ0n) is 12.9. The summed E-state index contributed by atoms with van der Waals surface area (Å²) in [6.07, 6.45) is 4.00. The molecule has 0 amide bonds. The zero-order valence-corrected chi connectivity index (χ0v) is 15.2. The Kier molecular flexibility index (Phi) is 7.85. The van der Waals surface area contributed by atoms with Gasteiger partial charge in [0.15, 0.2) is 5.96 Å². The molecule has 0 saturated heterocycles. The van der Waals surface area contributed by atoms with E-state index in [1.807, 2.05) is 18.2 Å². The van der Waals surface area contributed by atoms with Crippen molar-refractivity contribution in [2.45, 2.75) is 45.8 Å². The Balaban J connectivity index is 0.00000220. The monoisotopic (exact) mass is 403 g/mol. The van der Waals surface area contributed by atoms with E-state index in [-0.39, 0.29) is 24.0 Å². The van der Waals surface area contributed by atoms with Gasteiger partial charge in [-0.3, -0.25) is 0 Å². The summed E-state index contributed by atoms with van der Waals surface area (Å²) < 4.78 is 6.00. The summed E-state index contributed by atoms with van der Waals surface area (Å²) in [6.45, 7) is 6.50. The summed E-state index contributed by atoms with van der Waals surface area (Å²) >= 11 is 0. The Bertz CT molecular complexity index is 457. The first-order valence-electron chi connectivity index (χ1n) is 7.54. The molecule has 1 aromatic carbocycles. The molecular formula is C16H26IN3O. The number of rotatable bonds is 6. The molecule has 1 aliphatic carbocycles. The minimum absolute atomic E-state index is 0. The van der Waals surface area contributed by atoms with E-state index >= 15 is 0 Å². The highest BCUT2D eigenvalue weighted by Crippen LogP contribution is 2.27. The molecule has 1 fully saturated rings. The van der Waals surface area contributed by atoms with Crippen molar-refractivity contribution in [2.24, 2.45) is 10.7 Å². The van der Waals surface area contributed by atoms with Crippen molar-refractivity contribution in [3.8, 4) is 5.75 Å². The highest BCUT2D eigenvalue weighted by molar-refractivity contribution is 14.0. The van der Waals surface area contributed by atoms with Crippen LogP contribution in [0.3, 0.4) is 0 Å². The van der Waals surface area contributed by atoms with Crippen molar-refractivity contribution in [1.82, 2.24) is 4.90 Å². The van der Waals surface area contributed by atoms with Gasteiger partial charge in [0.2, 0.25) is 0 Å². The predicted molar refractivity (Wildman–Crippen MR) is 98.4 cm³/mol. The van der Waals surface area contributed by atoms with Gasteiger partial charge in [0.1, 0.15) is 5.75 Å². The first-order valence-corrected chi connectivity index (χ1v) is 7.54. The summed E-state index contributed by atoms with van der Waals surface area (Å²) in [6, 6.07) is 8.12. The van der Waals surface area contributed by atoms with Crippen molar-refractivity contribution >= 4 is 29.9 Å². The molecule has 118 valence electrons. The molecule has 2 N–H and O–H groups in total. The number of halogens is 1. The maximum Gasteiger partial charge on any atom is 0.191 e. The molecular weight excluding hydrogens is 377 g/mol. The van der Waals surface area contributed by atoms with Crippen LogP contribution in [0, 0.1) is 0 Å². The van der Waals surface area contributed by atoms with Crippen LogP contribution in [0.1, 0.15) is 38.7 Å². The molecule has 0 heterocycles. The van der Waals surface area contributed by atoms with Gasteiger partial charge in [0, 0.05) is 18.7 Å². The summed E-state index contributed by atoms with van der Waals surface area (Å²) in [4.78, 5) is 6.54. The SMILES string of the molecule is CCN(CC)C(N)=NCc1ccccc1OC1CCC1.I. The Morgan fingerprint density at radius 2 is 1.95 bits per heavy atom. The van der Waals surface area contributed by atoms with Crippen LogP contribution >= 0.6 is 24.0 Å². The van der Waals surface area contributed by atoms with E-state index < -0.39 is 0 Å². The molecule has 0 atom stereocenters. The highest BCUT2D eigenvalue weighted by atomic mass is 127. The lowest BCUT2D eigenvalue weighted by atomic mass is 9.96. The third-order valence-corrected chi connectivity index (χ3v) is 3.82. The first-order chi connectivity index (χ1) is 9.74. The van der Waals surface area contributed by atoms with E-state index in [1.54, 1.807) is 0 Å². The quantitative estimate of drug-likeness (QED) is 0.450. The molecule has 21 heavy (non-hydrogen) atoms. The topological polar surface area (TPSA) is 50.8 Å². The number of para-hydroxylation sites is 1. The van der Waals surface area contributed by atoms with Gasteiger partial charge in [0.25, 0.3) is 0 Å². The third kappa shape index (κ3) is 5.05. The average molecular weight is 403 g/mol. The average Bonchev–Trinajstić information content (AvgIpc) is 2.43. The van der Waals surface area contributed by atoms with Gasteiger partial charge in [-0.25, -0.2) is 4.99 Å². The molecule has 2 rings (SSSR count). The predicted octanol–water partition coefficient (Wildman–Crippen LogP) is 3.39. The van der Waals surface area contributed by atoms with Crippen LogP contribution in [0.15, 0.2) is 29.3 Å². The van der Waals surface area contributed by atoms with E-state index in [2.05, 4.69) is 29.8 Å². The largest absolute Gasteiger partial charge is 0.490 e. The minimum Gasteiger partial charge on any atom is -0.490 e. The molecule has 0 aliphatic heterocycles. The summed E-state index contributed by atoms with van der Waals surface area (Å²) in [5.41, 5.74) is 7.12. The molecule has 0 radical (unpaired) electrons. The van der Waals surface area contributed by atoms with Crippen LogP contribution in [0.25, 0.3) is 0 Å². The number of aliphatic imine (C=N–C) groups is 1. The number of hydrogen-bond acceptors (Lipinski definition) is 2. The van der Waals surface area contributed by atoms with Gasteiger partial charge < -0.3 is 15.4 Å². The van der Waals surface area contributed by atoms with E-state index in [0.29, 0.717) is 18.6 Å². The Hall–Kier alpha value is -0.980. The number of nitrogens with two attached hydrogens (primary N) is 1.